The fraction of sp³-hybridized carbons (Fsp3) is 0.125. The van der Waals surface area contributed by atoms with Gasteiger partial charge in [-0.15, -0.1) is 0 Å². The van der Waals surface area contributed by atoms with E-state index in [0.717, 1.165) is 4.47 Å². The van der Waals surface area contributed by atoms with Gasteiger partial charge in [-0.1, -0.05) is 39.1 Å². The predicted octanol–water partition coefficient (Wildman–Crippen LogP) is 5.90. The number of hydrazone groups is 1. The summed E-state index contributed by atoms with van der Waals surface area (Å²) in [6.07, 6.45) is 0.670. The zero-order valence-corrected chi connectivity index (χ0v) is 21.1. The smallest absolute Gasteiger partial charge is 0.345 e. The molecule has 34 heavy (non-hydrogen) atoms. The summed E-state index contributed by atoms with van der Waals surface area (Å²) in [5.74, 6) is -0.0357. The molecule has 176 valence electrons. The van der Waals surface area contributed by atoms with Crippen molar-refractivity contribution in [2.45, 2.75) is 13.0 Å². The van der Waals surface area contributed by atoms with Gasteiger partial charge in [0.1, 0.15) is 5.75 Å². The van der Waals surface area contributed by atoms with Gasteiger partial charge in [0.05, 0.1) is 23.9 Å². The van der Waals surface area contributed by atoms with E-state index in [-0.39, 0.29) is 16.3 Å². The molecule has 1 atom stereocenters. The largest absolute Gasteiger partial charge is 0.493 e. The molecule has 3 rings (SSSR count). The van der Waals surface area contributed by atoms with Crippen LogP contribution >= 0.6 is 39.1 Å². The Kier molecular flexibility index (Phi) is 8.92. The molecule has 0 radical (unpaired) electrons. The van der Waals surface area contributed by atoms with Gasteiger partial charge < -0.3 is 14.2 Å². The molecule has 0 saturated carbocycles. The van der Waals surface area contributed by atoms with Crippen LogP contribution in [0.1, 0.15) is 22.8 Å². The Bertz CT molecular complexity index is 1220. The molecule has 0 fully saturated rings. The number of nitrogens with one attached hydrogen (secondary N) is 1. The lowest BCUT2D eigenvalue weighted by atomic mass is 10.2. The van der Waals surface area contributed by atoms with Crippen LogP contribution in [0, 0.1) is 0 Å². The van der Waals surface area contributed by atoms with Crippen LogP contribution in [0.25, 0.3) is 0 Å². The number of carbonyl (C=O) groups is 2. The highest BCUT2D eigenvalue weighted by molar-refractivity contribution is 9.10. The van der Waals surface area contributed by atoms with Gasteiger partial charge in [0.2, 0.25) is 0 Å². The average Bonchev–Trinajstić information content (AvgIpc) is 2.81. The fourth-order valence-corrected chi connectivity index (χ4v) is 3.44. The van der Waals surface area contributed by atoms with Gasteiger partial charge >= 0.3 is 5.97 Å². The number of ether oxygens (including phenoxy) is 3. The summed E-state index contributed by atoms with van der Waals surface area (Å²) >= 11 is 15.3. The number of rotatable bonds is 8. The highest BCUT2D eigenvalue weighted by atomic mass is 79.9. The van der Waals surface area contributed by atoms with Gasteiger partial charge in [0.15, 0.2) is 17.6 Å². The maximum absolute atomic E-state index is 12.5. The molecule has 1 N–H and O–H groups in total. The Morgan fingerprint density at radius 2 is 1.76 bits per heavy atom. The first-order valence-corrected chi connectivity index (χ1v) is 11.4. The van der Waals surface area contributed by atoms with Crippen molar-refractivity contribution in [1.82, 2.24) is 5.43 Å². The van der Waals surface area contributed by atoms with E-state index >= 15 is 0 Å². The second-order valence-corrected chi connectivity index (χ2v) is 8.63. The van der Waals surface area contributed by atoms with Crippen molar-refractivity contribution >= 4 is 57.2 Å². The lowest BCUT2D eigenvalue weighted by Gasteiger charge is -2.13. The molecule has 3 aromatic rings. The molecule has 0 aliphatic carbocycles. The minimum atomic E-state index is -0.755. The minimum absolute atomic E-state index is 0.168. The van der Waals surface area contributed by atoms with Gasteiger partial charge in [0.25, 0.3) is 5.91 Å². The quantitative estimate of drug-likeness (QED) is 0.159. The van der Waals surface area contributed by atoms with Gasteiger partial charge in [0, 0.05) is 9.50 Å². The summed E-state index contributed by atoms with van der Waals surface area (Å²) in [5, 5.41) is 4.53. The summed E-state index contributed by atoms with van der Waals surface area (Å²) in [7, 11) is 1.44. The van der Waals surface area contributed by atoms with Crippen LogP contribution in [0.4, 0.5) is 0 Å². The van der Waals surface area contributed by atoms with Gasteiger partial charge in [-0.3, -0.25) is 4.79 Å². The molecule has 7 nitrogen and oxygen atoms in total. The van der Waals surface area contributed by atoms with E-state index in [2.05, 4.69) is 26.5 Å². The molecule has 0 bridgehead atoms. The van der Waals surface area contributed by atoms with Crippen LogP contribution in [-0.4, -0.2) is 31.3 Å². The summed E-state index contributed by atoms with van der Waals surface area (Å²) in [6, 6.07) is 16.4. The Morgan fingerprint density at radius 3 is 2.44 bits per heavy atom. The molecular weight excluding hydrogens is 547 g/mol. The van der Waals surface area contributed by atoms with Crippen LogP contribution in [0.2, 0.25) is 10.0 Å². The Labute approximate surface area is 214 Å². The monoisotopic (exact) mass is 564 g/mol. The summed E-state index contributed by atoms with van der Waals surface area (Å²) < 4.78 is 17.2. The highest BCUT2D eigenvalue weighted by Crippen LogP contribution is 2.30. The molecular formula is C24H19BrCl2N2O5. The van der Waals surface area contributed by atoms with Gasteiger partial charge in [-0.25, -0.2) is 10.2 Å². The molecule has 0 heterocycles. The molecule has 0 aromatic heterocycles. The van der Waals surface area contributed by atoms with Crippen molar-refractivity contribution in [2.24, 2.45) is 5.10 Å². The Balaban J connectivity index is 1.61. The minimum Gasteiger partial charge on any atom is -0.493 e. The zero-order valence-electron chi connectivity index (χ0n) is 18.1. The first kappa shape index (κ1) is 25.6. The SMILES string of the molecule is COc1cc(C=NNC(=O)C(C)Oc2ccc(Br)cc2)ccc1OC(=O)c1ccc(Cl)cc1Cl. The van der Waals surface area contributed by atoms with E-state index in [4.69, 9.17) is 37.4 Å². The van der Waals surface area contributed by atoms with Crippen LogP contribution < -0.4 is 19.6 Å². The Morgan fingerprint density at radius 1 is 1.03 bits per heavy atom. The van der Waals surface area contributed by atoms with Crippen molar-refractivity contribution < 1.29 is 23.8 Å². The number of hydrogen-bond donors (Lipinski definition) is 1. The molecule has 10 heteroatoms. The zero-order chi connectivity index (χ0) is 24.7. The molecule has 0 aliphatic rings. The van der Waals surface area contributed by atoms with Crippen LogP contribution in [0.5, 0.6) is 17.2 Å². The number of esters is 1. The van der Waals surface area contributed by atoms with Gasteiger partial charge in [-0.05, 0) is 73.2 Å². The van der Waals surface area contributed by atoms with Crippen molar-refractivity contribution in [3.05, 3.63) is 86.3 Å². The normalized spacial score (nSPS) is 11.7. The third-order valence-corrected chi connectivity index (χ3v) is 5.50. The van der Waals surface area contributed by atoms with Crippen molar-refractivity contribution in [2.75, 3.05) is 7.11 Å². The predicted molar refractivity (Wildman–Crippen MR) is 134 cm³/mol. The van der Waals surface area contributed by atoms with Crippen LogP contribution in [0.3, 0.4) is 0 Å². The Hall–Kier alpha value is -3.07. The number of benzene rings is 3. The number of nitrogens with zero attached hydrogens (tertiary/aromatic N) is 1. The number of methoxy groups -OCH3 is 1. The van der Waals surface area contributed by atoms with Crippen LogP contribution in [0.15, 0.2) is 70.2 Å². The first-order valence-electron chi connectivity index (χ1n) is 9.87. The van der Waals surface area contributed by atoms with Crippen molar-refractivity contribution in [3.63, 3.8) is 0 Å². The maximum atomic E-state index is 12.5. The maximum Gasteiger partial charge on any atom is 0.345 e. The number of hydrogen-bond acceptors (Lipinski definition) is 6. The van der Waals surface area contributed by atoms with Crippen LogP contribution in [-0.2, 0) is 4.79 Å². The number of amides is 1. The molecule has 1 amide bonds. The first-order chi connectivity index (χ1) is 16.3. The highest BCUT2D eigenvalue weighted by Gasteiger charge is 2.16. The molecule has 3 aromatic carbocycles. The van der Waals surface area contributed by atoms with Crippen molar-refractivity contribution in [3.8, 4) is 17.2 Å². The molecule has 0 aliphatic heterocycles. The van der Waals surface area contributed by atoms with E-state index in [1.807, 2.05) is 12.1 Å². The van der Waals surface area contributed by atoms with E-state index in [9.17, 15) is 9.59 Å². The number of halogens is 3. The average molecular weight is 566 g/mol. The van der Waals surface area contributed by atoms with E-state index in [1.54, 1.807) is 43.3 Å². The van der Waals surface area contributed by atoms with Crippen molar-refractivity contribution in [1.29, 1.82) is 0 Å². The van der Waals surface area contributed by atoms with E-state index in [1.165, 1.54) is 25.5 Å². The summed E-state index contributed by atoms with van der Waals surface area (Å²) in [5.41, 5.74) is 3.19. The third-order valence-electron chi connectivity index (χ3n) is 4.43. The second kappa shape index (κ2) is 11.9. The van der Waals surface area contributed by atoms with E-state index in [0.29, 0.717) is 22.1 Å². The molecule has 1 unspecified atom stereocenters. The fourth-order valence-electron chi connectivity index (χ4n) is 2.69. The lowest BCUT2D eigenvalue weighted by molar-refractivity contribution is -0.127. The summed E-state index contributed by atoms with van der Waals surface area (Å²) in [4.78, 5) is 24.7. The van der Waals surface area contributed by atoms with E-state index < -0.39 is 18.0 Å². The molecule has 0 saturated heterocycles. The number of carbonyl (C=O) groups excluding carboxylic acids is 2. The molecule has 0 spiro atoms. The topological polar surface area (TPSA) is 86.2 Å². The lowest BCUT2D eigenvalue weighted by Crippen LogP contribution is -2.33. The standard InChI is InChI=1S/C24H19BrCl2N2O5/c1-14(33-18-7-4-16(25)5-8-18)23(30)29-28-13-15-3-10-21(22(11-15)32-2)34-24(31)19-9-6-17(26)12-20(19)27/h3-14H,1-2H3,(H,29,30). The summed E-state index contributed by atoms with van der Waals surface area (Å²) in [6.45, 7) is 1.62. The van der Waals surface area contributed by atoms with Gasteiger partial charge in [-0.2, -0.15) is 5.10 Å². The second-order valence-electron chi connectivity index (χ2n) is 6.87. The third kappa shape index (κ3) is 6.96.